The van der Waals surface area contributed by atoms with Gasteiger partial charge in [-0.15, -0.1) is 0 Å². The third kappa shape index (κ3) is 4.96. The van der Waals surface area contributed by atoms with Gasteiger partial charge in [0.1, 0.15) is 0 Å². The number of aromatic nitrogens is 1. The lowest BCUT2D eigenvalue weighted by atomic mass is 10.1. The van der Waals surface area contributed by atoms with E-state index < -0.39 is 15.8 Å². The molecule has 10 nitrogen and oxygen atoms in total. The highest BCUT2D eigenvalue weighted by atomic mass is 16.6. The average molecular weight is 457 g/mol. The molecule has 10 heteroatoms. The van der Waals surface area contributed by atoms with Gasteiger partial charge >= 0.3 is 0 Å². The monoisotopic (exact) mass is 457 g/mol. The van der Waals surface area contributed by atoms with Gasteiger partial charge in [0.25, 0.3) is 11.4 Å². The largest absolute Gasteiger partial charge is 0.342 e. The molecule has 0 radical (unpaired) electrons. The minimum atomic E-state index is -0.522. The van der Waals surface area contributed by atoms with Gasteiger partial charge in [0.15, 0.2) is 0 Å². The molecule has 0 fully saturated rings. The Kier molecular flexibility index (Phi) is 6.40. The Hall–Kier alpha value is -4.86. The Morgan fingerprint density at radius 1 is 0.941 bits per heavy atom. The predicted molar refractivity (Wildman–Crippen MR) is 127 cm³/mol. The van der Waals surface area contributed by atoms with Crippen LogP contribution in [0.5, 0.6) is 0 Å². The first-order valence-corrected chi connectivity index (χ1v) is 10.3. The Morgan fingerprint density at radius 3 is 2.38 bits per heavy atom. The molecule has 3 aromatic carbocycles. The fourth-order valence-corrected chi connectivity index (χ4v) is 3.65. The fourth-order valence-electron chi connectivity index (χ4n) is 3.65. The van der Waals surface area contributed by atoms with Crippen molar-refractivity contribution in [3.8, 4) is 0 Å². The van der Waals surface area contributed by atoms with Crippen molar-refractivity contribution in [2.24, 2.45) is 5.10 Å². The summed E-state index contributed by atoms with van der Waals surface area (Å²) >= 11 is 0. The first-order chi connectivity index (χ1) is 16.4. The summed E-state index contributed by atoms with van der Waals surface area (Å²) in [6.07, 6.45) is 3.23. The smallest absolute Gasteiger partial charge is 0.273 e. The van der Waals surface area contributed by atoms with Crippen molar-refractivity contribution in [1.82, 2.24) is 9.99 Å². The highest BCUT2D eigenvalue weighted by Crippen LogP contribution is 2.22. The number of carbonyl (C=O) groups is 1. The van der Waals surface area contributed by atoms with E-state index in [0.717, 1.165) is 22.0 Å². The minimum Gasteiger partial charge on any atom is -0.342 e. The van der Waals surface area contributed by atoms with E-state index in [1.165, 1.54) is 30.5 Å². The molecule has 1 heterocycles. The average Bonchev–Trinajstić information content (AvgIpc) is 3.17. The molecular formula is C24H19N5O5. The SMILES string of the molecule is O=C(Cc1ccccc1[N+](=O)[O-])NN=Cc1cn(Cc2ccc([N+](=O)[O-])cc2)c2ccccc12. The van der Waals surface area contributed by atoms with Crippen LogP contribution in [0, 0.1) is 20.2 Å². The zero-order chi connectivity index (χ0) is 24.1. The lowest BCUT2D eigenvalue weighted by Crippen LogP contribution is -2.20. The molecule has 0 aliphatic heterocycles. The van der Waals surface area contributed by atoms with Crippen molar-refractivity contribution in [3.05, 3.63) is 116 Å². The van der Waals surface area contributed by atoms with Crippen molar-refractivity contribution in [2.75, 3.05) is 0 Å². The number of carbonyl (C=O) groups excluding carboxylic acids is 1. The number of amides is 1. The summed E-state index contributed by atoms with van der Waals surface area (Å²) in [6, 6.07) is 20.1. The van der Waals surface area contributed by atoms with E-state index in [0.29, 0.717) is 12.1 Å². The van der Waals surface area contributed by atoms with Crippen LogP contribution in [0.1, 0.15) is 16.7 Å². The standard InChI is InChI=1S/C24H19N5O5/c30-24(13-18-5-1-3-7-22(18)29(33)34)26-25-14-19-16-27(23-8-4-2-6-21(19)23)15-17-9-11-20(12-10-17)28(31)32/h1-12,14,16H,13,15H2,(H,26,30). The lowest BCUT2D eigenvalue weighted by molar-refractivity contribution is -0.385. The highest BCUT2D eigenvalue weighted by Gasteiger charge is 2.15. The maximum Gasteiger partial charge on any atom is 0.273 e. The van der Waals surface area contributed by atoms with Crippen molar-refractivity contribution in [1.29, 1.82) is 0 Å². The second kappa shape index (κ2) is 9.74. The van der Waals surface area contributed by atoms with Crippen LogP contribution in [0.25, 0.3) is 10.9 Å². The van der Waals surface area contributed by atoms with E-state index in [9.17, 15) is 25.0 Å². The van der Waals surface area contributed by atoms with Crippen LogP contribution in [-0.2, 0) is 17.8 Å². The van der Waals surface area contributed by atoms with Gasteiger partial charge in [-0.1, -0.05) is 48.5 Å². The number of nitro benzene ring substituents is 2. The van der Waals surface area contributed by atoms with E-state index in [2.05, 4.69) is 10.5 Å². The summed E-state index contributed by atoms with van der Waals surface area (Å²) in [7, 11) is 0. The Labute approximate surface area is 193 Å². The molecule has 0 atom stereocenters. The Bertz CT molecular complexity index is 1410. The summed E-state index contributed by atoms with van der Waals surface area (Å²) in [5.41, 5.74) is 5.25. The molecule has 170 valence electrons. The quantitative estimate of drug-likeness (QED) is 0.241. The number of hydrogen-bond donors (Lipinski definition) is 1. The number of fused-ring (bicyclic) bond motifs is 1. The maximum atomic E-state index is 12.3. The van der Waals surface area contributed by atoms with Crippen LogP contribution in [0.2, 0.25) is 0 Å². The Morgan fingerprint density at radius 2 is 1.65 bits per heavy atom. The van der Waals surface area contributed by atoms with Gasteiger partial charge in [0.2, 0.25) is 5.91 Å². The summed E-state index contributed by atoms with van der Waals surface area (Å²) in [6.45, 7) is 0.496. The fraction of sp³-hybridized carbons (Fsp3) is 0.0833. The first kappa shape index (κ1) is 22.3. The molecule has 1 aromatic heterocycles. The number of rotatable bonds is 8. The van der Waals surface area contributed by atoms with Crippen LogP contribution in [-0.4, -0.2) is 26.5 Å². The summed E-state index contributed by atoms with van der Waals surface area (Å²) in [5.74, 6) is -0.472. The molecule has 0 saturated carbocycles. The van der Waals surface area contributed by atoms with Gasteiger partial charge in [0, 0.05) is 53.0 Å². The highest BCUT2D eigenvalue weighted by molar-refractivity contribution is 5.99. The topological polar surface area (TPSA) is 133 Å². The molecular weight excluding hydrogens is 438 g/mol. The van der Waals surface area contributed by atoms with Crippen LogP contribution in [0.15, 0.2) is 84.1 Å². The molecule has 0 saturated heterocycles. The predicted octanol–water partition coefficient (Wildman–Crippen LogP) is 4.20. The molecule has 4 aromatic rings. The van der Waals surface area contributed by atoms with Crippen molar-refractivity contribution < 1.29 is 14.6 Å². The summed E-state index contributed by atoms with van der Waals surface area (Å²) < 4.78 is 1.99. The molecule has 0 aliphatic carbocycles. The molecule has 4 rings (SSSR count). The van der Waals surface area contributed by atoms with Gasteiger partial charge in [-0.05, 0) is 11.6 Å². The molecule has 1 N–H and O–H groups in total. The normalized spacial score (nSPS) is 11.1. The van der Waals surface area contributed by atoms with Crippen LogP contribution >= 0.6 is 0 Å². The van der Waals surface area contributed by atoms with Gasteiger partial charge < -0.3 is 4.57 Å². The minimum absolute atomic E-state index is 0.0329. The van der Waals surface area contributed by atoms with Gasteiger partial charge in [-0.2, -0.15) is 5.10 Å². The number of non-ortho nitro benzene ring substituents is 1. The Balaban J connectivity index is 1.50. The van der Waals surface area contributed by atoms with Crippen LogP contribution in [0.4, 0.5) is 11.4 Å². The molecule has 0 bridgehead atoms. The van der Waals surface area contributed by atoms with Crippen LogP contribution < -0.4 is 5.43 Å². The maximum absolute atomic E-state index is 12.3. The number of hydrogen-bond acceptors (Lipinski definition) is 6. The van der Waals surface area contributed by atoms with E-state index >= 15 is 0 Å². The third-order valence-corrected chi connectivity index (χ3v) is 5.25. The van der Waals surface area contributed by atoms with E-state index in [-0.39, 0.29) is 17.8 Å². The van der Waals surface area contributed by atoms with Gasteiger partial charge in [-0.3, -0.25) is 25.0 Å². The van der Waals surface area contributed by atoms with E-state index in [1.54, 1.807) is 24.3 Å². The number of para-hydroxylation sites is 2. The molecule has 0 unspecified atom stereocenters. The molecule has 34 heavy (non-hydrogen) atoms. The number of benzene rings is 3. The molecule has 1 amide bonds. The molecule has 0 aliphatic rings. The van der Waals surface area contributed by atoms with Gasteiger partial charge in [-0.25, -0.2) is 5.43 Å². The number of hydrazone groups is 1. The molecule has 0 spiro atoms. The van der Waals surface area contributed by atoms with Crippen molar-refractivity contribution in [3.63, 3.8) is 0 Å². The third-order valence-electron chi connectivity index (χ3n) is 5.25. The zero-order valence-electron chi connectivity index (χ0n) is 17.8. The van der Waals surface area contributed by atoms with Crippen LogP contribution in [0.3, 0.4) is 0 Å². The summed E-state index contributed by atoms with van der Waals surface area (Å²) in [4.78, 5) is 33.3. The van der Waals surface area contributed by atoms with Crippen molar-refractivity contribution >= 4 is 34.4 Å². The zero-order valence-corrected chi connectivity index (χ0v) is 17.8. The number of nitro groups is 2. The van der Waals surface area contributed by atoms with E-state index in [4.69, 9.17) is 0 Å². The second-order valence-electron chi connectivity index (χ2n) is 7.51. The lowest BCUT2D eigenvalue weighted by Gasteiger charge is -2.05. The number of nitrogens with zero attached hydrogens (tertiary/aromatic N) is 4. The van der Waals surface area contributed by atoms with Crippen molar-refractivity contribution in [2.45, 2.75) is 13.0 Å². The number of nitrogens with one attached hydrogen (secondary N) is 1. The summed E-state index contributed by atoms with van der Waals surface area (Å²) in [5, 5.41) is 26.9. The van der Waals surface area contributed by atoms with Gasteiger partial charge in [0.05, 0.1) is 22.5 Å². The van der Waals surface area contributed by atoms with E-state index in [1.807, 2.05) is 35.0 Å². The first-order valence-electron chi connectivity index (χ1n) is 10.3. The second-order valence-corrected chi connectivity index (χ2v) is 7.51.